The minimum absolute atomic E-state index is 0.00444. The molecule has 1 amide bonds. The van der Waals surface area contributed by atoms with Crippen molar-refractivity contribution in [3.8, 4) is 0 Å². The Balaban J connectivity index is 2.20. The van der Waals surface area contributed by atoms with Crippen LogP contribution in [0, 0.1) is 0 Å². The fourth-order valence-corrected chi connectivity index (χ4v) is 3.77. The molecule has 2 aromatic rings. The molecule has 0 heterocycles. The fourth-order valence-electron chi connectivity index (χ4n) is 2.01. The molecule has 0 aromatic heterocycles. The second kappa shape index (κ2) is 7.10. The lowest BCUT2D eigenvalue weighted by Gasteiger charge is -2.15. The van der Waals surface area contributed by atoms with Crippen LogP contribution >= 0.6 is 11.6 Å². The maximum atomic E-state index is 12.4. The summed E-state index contributed by atoms with van der Waals surface area (Å²) in [6.07, 6.45) is 0. The van der Waals surface area contributed by atoms with Gasteiger partial charge in [-0.05, 0) is 36.8 Å². The van der Waals surface area contributed by atoms with Gasteiger partial charge in [0.2, 0.25) is 10.0 Å². The van der Waals surface area contributed by atoms with Crippen LogP contribution in [0.1, 0.15) is 28.9 Å². The van der Waals surface area contributed by atoms with E-state index in [1.165, 1.54) is 29.7 Å². The lowest BCUT2D eigenvalue weighted by atomic mass is 10.1. The fraction of sp³-hybridized carbons (Fsp3) is 0.133. The van der Waals surface area contributed by atoms with E-state index in [0.29, 0.717) is 5.56 Å². The largest absolute Gasteiger partial charge is 0.288 e. The number of hydroxylamine groups is 1. The van der Waals surface area contributed by atoms with Crippen LogP contribution in [0.2, 0.25) is 5.02 Å². The molecule has 3 N–H and O–H groups in total. The first-order valence-electron chi connectivity index (χ1n) is 6.66. The summed E-state index contributed by atoms with van der Waals surface area (Å²) in [5.74, 6) is -0.638. The third-order valence-corrected chi connectivity index (χ3v) is 5.27. The van der Waals surface area contributed by atoms with Gasteiger partial charge in [0.1, 0.15) is 4.90 Å². The van der Waals surface area contributed by atoms with Crippen molar-refractivity contribution >= 4 is 27.5 Å². The molecule has 8 heteroatoms. The second-order valence-electron chi connectivity index (χ2n) is 4.84. The summed E-state index contributed by atoms with van der Waals surface area (Å²) in [5.41, 5.74) is 2.45. The van der Waals surface area contributed by atoms with E-state index in [2.05, 4.69) is 4.72 Å². The quantitative estimate of drug-likeness (QED) is 0.568. The predicted molar refractivity (Wildman–Crippen MR) is 85.9 cm³/mol. The number of sulfonamides is 1. The first-order chi connectivity index (χ1) is 10.8. The van der Waals surface area contributed by atoms with Crippen LogP contribution < -0.4 is 10.2 Å². The third-order valence-electron chi connectivity index (χ3n) is 3.23. The number of carbonyl (C=O) groups excluding carboxylic acids is 1. The summed E-state index contributed by atoms with van der Waals surface area (Å²) in [7, 11) is -3.77. The van der Waals surface area contributed by atoms with Crippen LogP contribution in [-0.2, 0) is 10.0 Å². The highest BCUT2D eigenvalue weighted by Crippen LogP contribution is 2.23. The first kappa shape index (κ1) is 17.4. The SMILES string of the molecule is CC(NS(=O)(=O)c1ccccc1Cl)c1ccc(C(=O)NO)cc1. The van der Waals surface area contributed by atoms with Gasteiger partial charge in [0, 0.05) is 11.6 Å². The molecule has 0 bridgehead atoms. The molecule has 0 radical (unpaired) electrons. The van der Waals surface area contributed by atoms with Crippen molar-refractivity contribution in [1.82, 2.24) is 10.2 Å². The molecule has 2 aromatic carbocycles. The highest BCUT2D eigenvalue weighted by molar-refractivity contribution is 7.89. The Labute approximate surface area is 139 Å². The van der Waals surface area contributed by atoms with Crippen molar-refractivity contribution in [1.29, 1.82) is 0 Å². The van der Waals surface area contributed by atoms with E-state index >= 15 is 0 Å². The van der Waals surface area contributed by atoms with Crippen molar-refractivity contribution in [2.45, 2.75) is 17.9 Å². The Hall–Kier alpha value is -1.93. The van der Waals surface area contributed by atoms with Crippen molar-refractivity contribution in [3.05, 3.63) is 64.7 Å². The standard InChI is InChI=1S/C15H15ClN2O4S/c1-10(11-6-8-12(9-7-11)15(19)17-20)18-23(21,22)14-5-3-2-4-13(14)16/h2-10,18,20H,1H3,(H,17,19). The summed E-state index contributed by atoms with van der Waals surface area (Å²) in [6.45, 7) is 1.68. The summed E-state index contributed by atoms with van der Waals surface area (Å²) in [6, 6.07) is 11.8. The summed E-state index contributed by atoms with van der Waals surface area (Å²) in [5, 5.41) is 8.71. The van der Waals surface area contributed by atoms with Crippen LogP contribution in [0.25, 0.3) is 0 Å². The molecule has 0 aliphatic carbocycles. The molecule has 0 aliphatic heterocycles. The molecule has 23 heavy (non-hydrogen) atoms. The smallest absolute Gasteiger partial charge is 0.274 e. The van der Waals surface area contributed by atoms with E-state index in [1.54, 1.807) is 31.2 Å². The van der Waals surface area contributed by atoms with E-state index in [9.17, 15) is 13.2 Å². The van der Waals surface area contributed by atoms with Crippen molar-refractivity contribution in [3.63, 3.8) is 0 Å². The molecular weight excluding hydrogens is 340 g/mol. The van der Waals surface area contributed by atoms with Gasteiger partial charge in [0.05, 0.1) is 5.02 Å². The molecule has 0 spiro atoms. The number of halogens is 1. The Morgan fingerprint density at radius 3 is 2.30 bits per heavy atom. The zero-order valence-corrected chi connectivity index (χ0v) is 13.7. The van der Waals surface area contributed by atoms with Crippen LogP contribution in [0.4, 0.5) is 0 Å². The van der Waals surface area contributed by atoms with Gasteiger partial charge < -0.3 is 0 Å². The van der Waals surface area contributed by atoms with Gasteiger partial charge >= 0.3 is 0 Å². The van der Waals surface area contributed by atoms with Gasteiger partial charge in [-0.25, -0.2) is 18.6 Å². The molecule has 0 fully saturated rings. The average molecular weight is 355 g/mol. The van der Waals surface area contributed by atoms with Crippen LogP contribution in [-0.4, -0.2) is 19.5 Å². The Kier molecular flexibility index (Phi) is 5.38. The van der Waals surface area contributed by atoms with E-state index in [-0.39, 0.29) is 15.5 Å². The van der Waals surface area contributed by atoms with Crippen LogP contribution in [0.3, 0.4) is 0 Å². The molecule has 122 valence electrons. The van der Waals surface area contributed by atoms with Crippen molar-refractivity contribution in [2.75, 3.05) is 0 Å². The van der Waals surface area contributed by atoms with Gasteiger partial charge in [0.15, 0.2) is 0 Å². The number of hydrogen-bond acceptors (Lipinski definition) is 4. The van der Waals surface area contributed by atoms with Gasteiger partial charge in [-0.3, -0.25) is 10.0 Å². The zero-order chi connectivity index (χ0) is 17.0. The van der Waals surface area contributed by atoms with Crippen molar-refractivity contribution in [2.24, 2.45) is 0 Å². The number of amides is 1. The molecule has 6 nitrogen and oxygen atoms in total. The summed E-state index contributed by atoms with van der Waals surface area (Å²) < 4.78 is 27.3. The number of hydrogen-bond donors (Lipinski definition) is 3. The maximum absolute atomic E-state index is 12.4. The number of carbonyl (C=O) groups is 1. The Bertz CT molecular complexity index is 806. The van der Waals surface area contributed by atoms with E-state index in [0.717, 1.165) is 0 Å². The first-order valence-corrected chi connectivity index (χ1v) is 8.52. The zero-order valence-electron chi connectivity index (χ0n) is 12.2. The highest BCUT2D eigenvalue weighted by Gasteiger charge is 2.20. The normalized spacial score (nSPS) is 12.7. The monoisotopic (exact) mass is 354 g/mol. The maximum Gasteiger partial charge on any atom is 0.274 e. The molecule has 1 unspecified atom stereocenters. The van der Waals surface area contributed by atoms with E-state index < -0.39 is 22.0 Å². The minimum atomic E-state index is -3.77. The topological polar surface area (TPSA) is 95.5 Å². The third kappa shape index (κ3) is 4.08. The molecule has 0 saturated carbocycles. The molecule has 0 aliphatic rings. The highest BCUT2D eigenvalue weighted by atomic mass is 35.5. The van der Waals surface area contributed by atoms with Crippen molar-refractivity contribution < 1.29 is 18.4 Å². The minimum Gasteiger partial charge on any atom is -0.288 e. The second-order valence-corrected chi connectivity index (χ2v) is 6.93. The Morgan fingerprint density at radius 2 is 1.74 bits per heavy atom. The van der Waals surface area contributed by atoms with E-state index in [4.69, 9.17) is 16.8 Å². The predicted octanol–water partition coefficient (Wildman–Crippen LogP) is 2.50. The number of benzene rings is 2. The van der Waals surface area contributed by atoms with Gasteiger partial charge in [-0.1, -0.05) is 35.9 Å². The molecule has 0 saturated heterocycles. The molecular formula is C15H15ClN2O4S. The van der Waals surface area contributed by atoms with Gasteiger partial charge in [-0.2, -0.15) is 0 Å². The lowest BCUT2D eigenvalue weighted by Crippen LogP contribution is -2.27. The van der Waals surface area contributed by atoms with Gasteiger partial charge in [0.25, 0.3) is 5.91 Å². The van der Waals surface area contributed by atoms with Crippen LogP contribution in [0.15, 0.2) is 53.4 Å². The number of nitrogens with one attached hydrogen (secondary N) is 2. The number of rotatable bonds is 5. The lowest BCUT2D eigenvalue weighted by molar-refractivity contribution is 0.0706. The average Bonchev–Trinajstić information content (AvgIpc) is 2.54. The summed E-state index contributed by atoms with van der Waals surface area (Å²) in [4.78, 5) is 11.3. The molecule has 1 atom stereocenters. The van der Waals surface area contributed by atoms with Gasteiger partial charge in [-0.15, -0.1) is 0 Å². The van der Waals surface area contributed by atoms with Crippen LogP contribution in [0.5, 0.6) is 0 Å². The Morgan fingerprint density at radius 1 is 1.13 bits per heavy atom. The van der Waals surface area contributed by atoms with E-state index in [1.807, 2.05) is 0 Å². The molecule has 2 rings (SSSR count). The summed E-state index contributed by atoms with van der Waals surface area (Å²) >= 11 is 5.92.